The predicted molar refractivity (Wildman–Crippen MR) is 97.8 cm³/mol. The average molecular weight is 411 g/mol. The van der Waals surface area contributed by atoms with E-state index < -0.39 is 0 Å². The van der Waals surface area contributed by atoms with Crippen molar-refractivity contribution < 1.29 is 0 Å². The number of nitrogens with one attached hydrogen (secondary N) is 1. The van der Waals surface area contributed by atoms with Crippen molar-refractivity contribution in [3.8, 4) is 0 Å². The molecule has 0 aliphatic carbocycles. The van der Waals surface area contributed by atoms with Gasteiger partial charge in [-0.2, -0.15) is 0 Å². The fraction of sp³-hybridized carbons (Fsp3) is 0.333. The molecule has 0 bridgehead atoms. The summed E-state index contributed by atoms with van der Waals surface area (Å²) in [6.45, 7) is 5.42. The molecule has 0 heterocycles. The molecular formula is C18H21Br2N. The lowest BCUT2D eigenvalue weighted by molar-refractivity contribution is 0.528. The molecule has 21 heavy (non-hydrogen) atoms. The summed E-state index contributed by atoms with van der Waals surface area (Å²) in [6, 6.07) is 15.5. The van der Waals surface area contributed by atoms with Gasteiger partial charge in [0.15, 0.2) is 0 Å². The van der Waals surface area contributed by atoms with Gasteiger partial charge in [0.05, 0.1) is 0 Å². The van der Waals surface area contributed by atoms with Crippen molar-refractivity contribution in [1.82, 2.24) is 5.32 Å². The van der Waals surface area contributed by atoms with Gasteiger partial charge in [0, 0.05) is 15.0 Å². The molecule has 112 valence electrons. The first kappa shape index (κ1) is 16.7. The summed E-state index contributed by atoms with van der Waals surface area (Å²) < 4.78 is 2.22. The SMILES string of the molecule is CCCNC(Cc1ccccc1C)c1cc(Br)cc(Br)c1. The van der Waals surface area contributed by atoms with Crippen LogP contribution < -0.4 is 5.32 Å². The molecule has 1 unspecified atom stereocenters. The monoisotopic (exact) mass is 409 g/mol. The van der Waals surface area contributed by atoms with Gasteiger partial charge >= 0.3 is 0 Å². The minimum atomic E-state index is 0.333. The van der Waals surface area contributed by atoms with Crippen LogP contribution >= 0.6 is 31.9 Å². The van der Waals surface area contributed by atoms with Crippen molar-refractivity contribution in [1.29, 1.82) is 0 Å². The Morgan fingerprint density at radius 1 is 1.05 bits per heavy atom. The normalized spacial score (nSPS) is 12.4. The maximum atomic E-state index is 3.67. The summed E-state index contributed by atoms with van der Waals surface area (Å²) in [5.41, 5.74) is 4.07. The molecule has 0 aliphatic heterocycles. The number of hydrogen-bond acceptors (Lipinski definition) is 1. The Labute approximate surface area is 144 Å². The molecule has 1 nitrogen and oxygen atoms in total. The lowest BCUT2D eigenvalue weighted by Gasteiger charge is -2.21. The Hall–Kier alpha value is -0.640. The van der Waals surface area contributed by atoms with Gasteiger partial charge in [-0.1, -0.05) is 63.0 Å². The van der Waals surface area contributed by atoms with E-state index in [9.17, 15) is 0 Å². The summed E-state index contributed by atoms with van der Waals surface area (Å²) in [7, 11) is 0. The zero-order chi connectivity index (χ0) is 15.2. The lowest BCUT2D eigenvalue weighted by atomic mass is 9.96. The molecule has 0 saturated heterocycles. The van der Waals surface area contributed by atoms with Crippen LogP contribution in [0.25, 0.3) is 0 Å². The van der Waals surface area contributed by atoms with Crippen LogP contribution in [0.15, 0.2) is 51.4 Å². The lowest BCUT2D eigenvalue weighted by Crippen LogP contribution is -2.24. The van der Waals surface area contributed by atoms with E-state index in [0.29, 0.717) is 6.04 Å². The largest absolute Gasteiger partial charge is 0.310 e. The summed E-state index contributed by atoms with van der Waals surface area (Å²) in [6.07, 6.45) is 2.15. The molecule has 0 spiro atoms. The Morgan fingerprint density at radius 2 is 1.71 bits per heavy atom. The molecule has 2 aromatic carbocycles. The Morgan fingerprint density at radius 3 is 2.33 bits per heavy atom. The van der Waals surface area contributed by atoms with Crippen LogP contribution in [0.1, 0.15) is 36.1 Å². The summed E-state index contributed by atoms with van der Waals surface area (Å²) >= 11 is 7.18. The molecule has 0 saturated carbocycles. The van der Waals surface area contributed by atoms with Crippen LogP contribution in [0, 0.1) is 6.92 Å². The van der Waals surface area contributed by atoms with E-state index in [1.54, 1.807) is 0 Å². The first-order valence-electron chi connectivity index (χ1n) is 7.34. The minimum absolute atomic E-state index is 0.333. The van der Waals surface area contributed by atoms with Gasteiger partial charge in [0.1, 0.15) is 0 Å². The summed E-state index contributed by atoms with van der Waals surface area (Å²) in [5.74, 6) is 0. The summed E-state index contributed by atoms with van der Waals surface area (Å²) in [4.78, 5) is 0. The topological polar surface area (TPSA) is 12.0 Å². The molecule has 2 rings (SSSR count). The molecule has 3 heteroatoms. The van der Waals surface area contributed by atoms with Crippen LogP contribution in [-0.4, -0.2) is 6.54 Å². The standard InChI is InChI=1S/C18H21Br2N/c1-3-8-21-18(11-14-7-5-4-6-13(14)2)15-9-16(19)12-17(20)10-15/h4-7,9-10,12,18,21H,3,8,11H2,1-2H3. The molecule has 0 fully saturated rings. The van der Waals surface area contributed by atoms with Gasteiger partial charge in [-0.05, 0) is 61.2 Å². The maximum Gasteiger partial charge on any atom is 0.0361 e. The van der Waals surface area contributed by atoms with Crippen molar-refractivity contribution in [2.45, 2.75) is 32.7 Å². The van der Waals surface area contributed by atoms with Gasteiger partial charge in [0.2, 0.25) is 0 Å². The van der Waals surface area contributed by atoms with E-state index in [-0.39, 0.29) is 0 Å². The van der Waals surface area contributed by atoms with E-state index in [4.69, 9.17) is 0 Å². The Kier molecular flexibility index (Phi) is 6.46. The molecule has 1 atom stereocenters. The van der Waals surface area contributed by atoms with Crippen LogP contribution in [0.2, 0.25) is 0 Å². The molecule has 0 amide bonds. The highest BCUT2D eigenvalue weighted by atomic mass is 79.9. The number of benzene rings is 2. The van der Waals surface area contributed by atoms with E-state index in [1.165, 1.54) is 16.7 Å². The van der Waals surface area contributed by atoms with E-state index >= 15 is 0 Å². The summed E-state index contributed by atoms with van der Waals surface area (Å²) in [5, 5.41) is 3.67. The second kappa shape index (κ2) is 8.11. The van der Waals surface area contributed by atoms with Crippen molar-refractivity contribution >= 4 is 31.9 Å². The third kappa shape index (κ3) is 4.94. The van der Waals surface area contributed by atoms with Crippen LogP contribution in [-0.2, 0) is 6.42 Å². The second-order valence-electron chi connectivity index (χ2n) is 5.34. The van der Waals surface area contributed by atoms with Crippen molar-refractivity contribution in [3.05, 3.63) is 68.1 Å². The smallest absolute Gasteiger partial charge is 0.0361 e. The van der Waals surface area contributed by atoms with E-state index in [1.807, 2.05) is 0 Å². The molecule has 0 radical (unpaired) electrons. The van der Waals surface area contributed by atoms with Gasteiger partial charge < -0.3 is 5.32 Å². The average Bonchev–Trinajstić information content (AvgIpc) is 2.44. The maximum absolute atomic E-state index is 3.67. The Bertz CT molecular complexity index is 575. The number of halogens is 2. The van der Waals surface area contributed by atoms with Crippen LogP contribution in [0.4, 0.5) is 0 Å². The van der Waals surface area contributed by atoms with E-state index in [0.717, 1.165) is 28.3 Å². The number of rotatable bonds is 6. The highest BCUT2D eigenvalue weighted by Gasteiger charge is 2.14. The Balaban J connectivity index is 2.27. The van der Waals surface area contributed by atoms with Crippen LogP contribution in [0.3, 0.4) is 0 Å². The second-order valence-corrected chi connectivity index (χ2v) is 7.17. The highest BCUT2D eigenvalue weighted by Crippen LogP contribution is 2.27. The molecular weight excluding hydrogens is 390 g/mol. The number of hydrogen-bond donors (Lipinski definition) is 1. The molecule has 2 aromatic rings. The third-order valence-corrected chi connectivity index (χ3v) is 4.53. The zero-order valence-corrected chi connectivity index (χ0v) is 15.7. The van der Waals surface area contributed by atoms with Crippen molar-refractivity contribution in [2.75, 3.05) is 6.54 Å². The van der Waals surface area contributed by atoms with Gasteiger partial charge in [-0.15, -0.1) is 0 Å². The zero-order valence-electron chi connectivity index (χ0n) is 12.5. The quantitative estimate of drug-likeness (QED) is 0.634. The highest BCUT2D eigenvalue weighted by molar-refractivity contribution is 9.11. The molecule has 0 aromatic heterocycles. The van der Waals surface area contributed by atoms with Crippen LogP contribution in [0.5, 0.6) is 0 Å². The number of aryl methyl sites for hydroxylation is 1. The van der Waals surface area contributed by atoms with E-state index in [2.05, 4.69) is 93.5 Å². The fourth-order valence-electron chi connectivity index (χ4n) is 2.46. The van der Waals surface area contributed by atoms with Gasteiger partial charge in [0.25, 0.3) is 0 Å². The minimum Gasteiger partial charge on any atom is -0.310 e. The fourth-order valence-corrected chi connectivity index (χ4v) is 3.79. The van der Waals surface area contributed by atoms with Crippen molar-refractivity contribution in [3.63, 3.8) is 0 Å². The molecule has 0 aliphatic rings. The third-order valence-electron chi connectivity index (χ3n) is 3.61. The van der Waals surface area contributed by atoms with Gasteiger partial charge in [-0.3, -0.25) is 0 Å². The first-order chi connectivity index (χ1) is 10.1. The van der Waals surface area contributed by atoms with Crippen molar-refractivity contribution in [2.24, 2.45) is 0 Å². The van der Waals surface area contributed by atoms with Gasteiger partial charge in [-0.25, -0.2) is 0 Å². The predicted octanol–water partition coefficient (Wildman–Crippen LogP) is 5.80. The molecule has 1 N–H and O–H groups in total. The first-order valence-corrected chi connectivity index (χ1v) is 8.92.